The van der Waals surface area contributed by atoms with E-state index in [1.54, 1.807) is 0 Å². The lowest BCUT2D eigenvalue weighted by atomic mass is 9.86. The molecule has 0 radical (unpaired) electrons. The van der Waals surface area contributed by atoms with Crippen LogP contribution in [0, 0.1) is 0 Å². The normalized spacial score (nSPS) is 24.7. The first-order valence-corrected chi connectivity index (χ1v) is 6.62. The molecule has 1 fully saturated rings. The zero-order valence-corrected chi connectivity index (χ0v) is 11.4. The zero-order chi connectivity index (χ0) is 12.4. The minimum Gasteiger partial charge on any atom is -0.465 e. The number of carbonyl (C=O) groups is 1. The van der Waals surface area contributed by atoms with Crippen LogP contribution in [0.25, 0.3) is 0 Å². The molecule has 2 unspecified atom stereocenters. The first kappa shape index (κ1) is 12.4. The molecule has 1 aliphatic rings. The molecule has 1 aromatic rings. The Balaban J connectivity index is 2.06. The van der Waals surface area contributed by atoms with Crippen LogP contribution in [0.15, 0.2) is 28.7 Å². The molecular weight excluding hydrogens is 282 g/mol. The Bertz CT molecular complexity index is 404. The van der Waals surface area contributed by atoms with Crippen LogP contribution in [0.5, 0.6) is 0 Å². The second kappa shape index (κ2) is 5.08. The molecule has 2 rings (SSSR count). The van der Waals surface area contributed by atoms with Gasteiger partial charge in [-0.15, -0.1) is 0 Å². The van der Waals surface area contributed by atoms with E-state index in [1.165, 1.54) is 10.5 Å². The van der Waals surface area contributed by atoms with Gasteiger partial charge in [0, 0.05) is 17.1 Å². The summed E-state index contributed by atoms with van der Waals surface area (Å²) in [6.07, 6.45) is 1.03. The van der Waals surface area contributed by atoms with Gasteiger partial charge in [-0.1, -0.05) is 28.1 Å². The number of hydrogen-bond acceptors (Lipinski definition) is 1. The summed E-state index contributed by atoms with van der Waals surface area (Å²) in [6, 6.07) is 8.44. The van der Waals surface area contributed by atoms with E-state index in [9.17, 15) is 4.79 Å². The first-order chi connectivity index (χ1) is 8.08. The summed E-state index contributed by atoms with van der Waals surface area (Å²) in [7, 11) is 0. The standard InChI is InChI=1S/C13H16BrNO2/c1-9-8-11(6-7-15(9)13(16)17)10-2-4-12(14)5-3-10/h2-5,9,11H,6-8H2,1H3,(H,16,17). The molecule has 0 aromatic heterocycles. The molecule has 92 valence electrons. The Kier molecular flexibility index (Phi) is 3.72. The molecule has 1 aromatic carbocycles. The van der Waals surface area contributed by atoms with Crippen molar-refractivity contribution in [2.24, 2.45) is 0 Å². The van der Waals surface area contributed by atoms with Crippen molar-refractivity contribution < 1.29 is 9.90 Å². The average Bonchev–Trinajstić information content (AvgIpc) is 2.29. The van der Waals surface area contributed by atoms with Crippen molar-refractivity contribution in [2.45, 2.75) is 31.7 Å². The molecule has 0 spiro atoms. The maximum atomic E-state index is 11.0. The minimum absolute atomic E-state index is 0.106. The third-order valence-electron chi connectivity index (χ3n) is 3.46. The highest BCUT2D eigenvalue weighted by Crippen LogP contribution is 2.32. The molecule has 2 atom stereocenters. The van der Waals surface area contributed by atoms with Gasteiger partial charge in [0.05, 0.1) is 0 Å². The smallest absolute Gasteiger partial charge is 0.407 e. The number of amides is 1. The molecule has 1 saturated heterocycles. The topological polar surface area (TPSA) is 40.5 Å². The number of likely N-dealkylation sites (tertiary alicyclic amines) is 1. The first-order valence-electron chi connectivity index (χ1n) is 5.83. The molecule has 1 N–H and O–H groups in total. The Morgan fingerprint density at radius 3 is 2.59 bits per heavy atom. The lowest BCUT2D eigenvalue weighted by Crippen LogP contribution is -2.43. The summed E-state index contributed by atoms with van der Waals surface area (Å²) in [4.78, 5) is 12.5. The Hall–Kier alpha value is -1.03. The van der Waals surface area contributed by atoms with Gasteiger partial charge in [0.1, 0.15) is 0 Å². The zero-order valence-electron chi connectivity index (χ0n) is 9.77. The average molecular weight is 298 g/mol. The van der Waals surface area contributed by atoms with Crippen molar-refractivity contribution in [2.75, 3.05) is 6.54 Å². The summed E-state index contributed by atoms with van der Waals surface area (Å²) in [5.41, 5.74) is 1.31. The Labute approximate surface area is 110 Å². The van der Waals surface area contributed by atoms with E-state index in [4.69, 9.17) is 5.11 Å². The van der Waals surface area contributed by atoms with Crippen LogP contribution in [0.2, 0.25) is 0 Å². The van der Waals surface area contributed by atoms with E-state index in [2.05, 4.69) is 28.1 Å². The van der Waals surface area contributed by atoms with Gasteiger partial charge in [-0.2, -0.15) is 0 Å². The van der Waals surface area contributed by atoms with E-state index >= 15 is 0 Å². The lowest BCUT2D eigenvalue weighted by molar-refractivity contribution is 0.107. The molecule has 0 aliphatic carbocycles. The molecular formula is C13H16BrNO2. The van der Waals surface area contributed by atoms with Crippen molar-refractivity contribution in [1.82, 2.24) is 4.90 Å². The maximum Gasteiger partial charge on any atom is 0.407 e. The summed E-state index contributed by atoms with van der Waals surface area (Å²) >= 11 is 3.42. The minimum atomic E-state index is -0.799. The molecule has 1 aliphatic heterocycles. The van der Waals surface area contributed by atoms with Gasteiger partial charge >= 0.3 is 6.09 Å². The molecule has 0 saturated carbocycles. The number of piperidine rings is 1. The van der Waals surface area contributed by atoms with E-state index in [0.29, 0.717) is 12.5 Å². The summed E-state index contributed by atoms with van der Waals surface area (Å²) in [5, 5.41) is 9.02. The third kappa shape index (κ3) is 2.80. The summed E-state index contributed by atoms with van der Waals surface area (Å²) in [5.74, 6) is 0.480. The number of carboxylic acid groups (broad SMARTS) is 1. The molecule has 0 bridgehead atoms. The molecule has 4 heteroatoms. The summed E-state index contributed by atoms with van der Waals surface area (Å²) in [6.45, 7) is 2.62. The van der Waals surface area contributed by atoms with Crippen LogP contribution in [0.3, 0.4) is 0 Å². The molecule has 17 heavy (non-hydrogen) atoms. The van der Waals surface area contributed by atoms with Crippen LogP contribution in [0.4, 0.5) is 4.79 Å². The molecule has 1 heterocycles. The fraction of sp³-hybridized carbons (Fsp3) is 0.462. The highest BCUT2D eigenvalue weighted by molar-refractivity contribution is 9.10. The van der Waals surface area contributed by atoms with Gasteiger partial charge in [-0.3, -0.25) is 0 Å². The van der Waals surface area contributed by atoms with Crippen molar-refractivity contribution in [3.63, 3.8) is 0 Å². The number of benzene rings is 1. The number of rotatable bonds is 1. The Morgan fingerprint density at radius 1 is 1.41 bits per heavy atom. The fourth-order valence-electron chi connectivity index (χ4n) is 2.49. The lowest BCUT2D eigenvalue weighted by Gasteiger charge is -2.36. The van der Waals surface area contributed by atoms with Gasteiger partial charge < -0.3 is 10.0 Å². The van der Waals surface area contributed by atoms with Crippen LogP contribution in [0.1, 0.15) is 31.2 Å². The number of hydrogen-bond donors (Lipinski definition) is 1. The largest absolute Gasteiger partial charge is 0.465 e. The highest BCUT2D eigenvalue weighted by atomic mass is 79.9. The quantitative estimate of drug-likeness (QED) is 0.859. The van der Waals surface area contributed by atoms with Crippen LogP contribution >= 0.6 is 15.9 Å². The second-order valence-corrected chi connectivity index (χ2v) is 5.51. The third-order valence-corrected chi connectivity index (χ3v) is 3.99. The van der Waals surface area contributed by atoms with Crippen LogP contribution in [-0.4, -0.2) is 28.7 Å². The van der Waals surface area contributed by atoms with Crippen molar-refractivity contribution >= 4 is 22.0 Å². The monoisotopic (exact) mass is 297 g/mol. The summed E-state index contributed by atoms with van der Waals surface area (Å²) < 4.78 is 1.08. The van der Waals surface area contributed by atoms with Crippen LogP contribution in [-0.2, 0) is 0 Å². The van der Waals surface area contributed by atoms with Crippen molar-refractivity contribution in [3.8, 4) is 0 Å². The molecule has 3 nitrogen and oxygen atoms in total. The van der Waals surface area contributed by atoms with Gasteiger partial charge in [0.2, 0.25) is 0 Å². The van der Waals surface area contributed by atoms with Gasteiger partial charge in [-0.05, 0) is 43.4 Å². The van der Waals surface area contributed by atoms with Gasteiger partial charge in [0.15, 0.2) is 0 Å². The van der Waals surface area contributed by atoms with E-state index in [1.807, 2.05) is 19.1 Å². The number of halogens is 1. The van der Waals surface area contributed by atoms with Crippen molar-refractivity contribution in [3.05, 3.63) is 34.3 Å². The molecule has 1 amide bonds. The number of nitrogens with zero attached hydrogens (tertiary/aromatic N) is 1. The van der Waals surface area contributed by atoms with Crippen molar-refractivity contribution in [1.29, 1.82) is 0 Å². The van der Waals surface area contributed by atoms with Crippen LogP contribution < -0.4 is 0 Å². The van der Waals surface area contributed by atoms with E-state index < -0.39 is 6.09 Å². The predicted molar refractivity (Wildman–Crippen MR) is 70.3 cm³/mol. The highest BCUT2D eigenvalue weighted by Gasteiger charge is 2.29. The van der Waals surface area contributed by atoms with E-state index in [-0.39, 0.29) is 6.04 Å². The SMILES string of the molecule is CC1CC(c2ccc(Br)cc2)CCN1C(=O)O. The predicted octanol–water partition coefficient (Wildman–Crippen LogP) is 3.70. The van der Waals surface area contributed by atoms with Gasteiger partial charge in [-0.25, -0.2) is 4.79 Å². The Morgan fingerprint density at radius 2 is 2.06 bits per heavy atom. The maximum absolute atomic E-state index is 11.0. The second-order valence-electron chi connectivity index (χ2n) is 4.60. The fourth-order valence-corrected chi connectivity index (χ4v) is 2.76. The van der Waals surface area contributed by atoms with E-state index in [0.717, 1.165) is 17.3 Å². The van der Waals surface area contributed by atoms with Gasteiger partial charge in [0.25, 0.3) is 0 Å².